The van der Waals surface area contributed by atoms with Crippen LogP contribution in [0.1, 0.15) is 25.0 Å². The van der Waals surface area contributed by atoms with E-state index in [4.69, 9.17) is 9.47 Å². The molecule has 0 unspecified atom stereocenters. The summed E-state index contributed by atoms with van der Waals surface area (Å²) in [6, 6.07) is 10.5. The summed E-state index contributed by atoms with van der Waals surface area (Å²) in [5, 5.41) is 3.37. The zero-order chi connectivity index (χ0) is 16.8. The Bertz CT molecular complexity index is 644. The van der Waals surface area contributed by atoms with Gasteiger partial charge in [-0.25, -0.2) is 4.39 Å². The van der Waals surface area contributed by atoms with Gasteiger partial charge in [-0.15, -0.1) is 0 Å². The Morgan fingerprint density at radius 3 is 2.43 bits per heavy atom. The Hall–Kier alpha value is -1.59. The quantitative estimate of drug-likeness (QED) is 0.755. The van der Waals surface area contributed by atoms with Crippen LogP contribution in [0.4, 0.5) is 4.39 Å². The van der Waals surface area contributed by atoms with Crippen LogP contribution in [-0.4, -0.2) is 13.2 Å². The number of methoxy groups -OCH3 is 1. The Kier molecular flexibility index (Phi) is 6.42. The minimum Gasteiger partial charge on any atom is -0.493 e. The molecule has 0 amide bonds. The summed E-state index contributed by atoms with van der Waals surface area (Å²) < 4.78 is 25.1. The first-order valence-electron chi connectivity index (χ1n) is 7.46. The number of halogens is 2. The molecule has 2 rings (SSSR count). The van der Waals surface area contributed by atoms with Crippen LogP contribution in [0.5, 0.6) is 11.5 Å². The molecule has 0 atom stereocenters. The van der Waals surface area contributed by atoms with E-state index in [0.717, 1.165) is 22.1 Å². The monoisotopic (exact) mass is 381 g/mol. The molecule has 0 heterocycles. The molecule has 0 spiro atoms. The van der Waals surface area contributed by atoms with Crippen LogP contribution in [-0.2, 0) is 13.2 Å². The van der Waals surface area contributed by atoms with Crippen molar-refractivity contribution in [2.45, 2.75) is 33.0 Å². The molecule has 0 saturated carbocycles. The molecular formula is C18H21BrFNO2. The highest BCUT2D eigenvalue weighted by atomic mass is 79.9. The van der Waals surface area contributed by atoms with Crippen molar-refractivity contribution in [1.82, 2.24) is 5.32 Å². The van der Waals surface area contributed by atoms with E-state index in [2.05, 4.69) is 35.1 Å². The number of nitrogens with one attached hydrogen (secondary N) is 1. The van der Waals surface area contributed by atoms with Crippen LogP contribution in [0.2, 0.25) is 0 Å². The summed E-state index contributed by atoms with van der Waals surface area (Å²) in [6.45, 7) is 5.30. The van der Waals surface area contributed by atoms with E-state index < -0.39 is 0 Å². The standard InChI is InChI=1S/C18H21BrFNO2/c1-12(2)21-10-14-8-17(22-3)18(9-16(14)19)23-11-13-4-6-15(20)7-5-13/h4-9,12,21H,10-11H2,1-3H3. The molecule has 3 nitrogen and oxygen atoms in total. The van der Waals surface area contributed by atoms with Crippen LogP contribution in [0.25, 0.3) is 0 Å². The van der Waals surface area contributed by atoms with Crippen LogP contribution in [0.15, 0.2) is 40.9 Å². The normalized spacial score (nSPS) is 10.9. The fourth-order valence-corrected chi connectivity index (χ4v) is 2.50. The predicted octanol–water partition coefficient (Wildman–Crippen LogP) is 4.67. The highest BCUT2D eigenvalue weighted by Crippen LogP contribution is 2.34. The van der Waals surface area contributed by atoms with Gasteiger partial charge in [-0.05, 0) is 35.4 Å². The van der Waals surface area contributed by atoms with Crippen molar-refractivity contribution in [1.29, 1.82) is 0 Å². The Morgan fingerprint density at radius 1 is 1.13 bits per heavy atom. The van der Waals surface area contributed by atoms with Gasteiger partial charge in [0.05, 0.1) is 7.11 Å². The second kappa shape index (κ2) is 8.31. The van der Waals surface area contributed by atoms with E-state index in [0.29, 0.717) is 24.1 Å². The predicted molar refractivity (Wildman–Crippen MR) is 93.4 cm³/mol. The van der Waals surface area contributed by atoms with Gasteiger partial charge >= 0.3 is 0 Å². The summed E-state index contributed by atoms with van der Waals surface area (Å²) in [6.07, 6.45) is 0. The average Bonchev–Trinajstić information content (AvgIpc) is 2.53. The van der Waals surface area contributed by atoms with Gasteiger partial charge in [0.2, 0.25) is 0 Å². The van der Waals surface area contributed by atoms with E-state index in [9.17, 15) is 4.39 Å². The van der Waals surface area contributed by atoms with Gasteiger partial charge in [0.15, 0.2) is 11.5 Å². The van der Waals surface area contributed by atoms with Gasteiger partial charge in [0.1, 0.15) is 12.4 Å². The molecule has 2 aromatic carbocycles. The zero-order valence-electron chi connectivity index (χ0n) is 13.5. The van der Waals surface area contributed by atoms with Crippen molar-refractivity contribution in [3.05, 3.63) is 57.8 Å². The van der Waals surface area contributed by atoms with Gasteiger partial charge in [0.25, 0.3) is 0 Å². The zero-order valence-corrected chi connectivity index (χ0v) is 15.1. The fraction of sp³-hybridized carbons (Fsp3) is 0.333. The summed E-state index contributed by atoms with van der Waals surface area (Å²) in [4.78, 5) is 0. The second-order valence-corrected chi connectivity index (χ2v) is 6.40. The lowest BCUT2D eigenvalue weighted by Gasteiger charge is -2.15. The van der Waals surface area contributed by atoms with Gasteiger partial charge in [-0.3, -0.25) is 0 Å². The van der Waals surface area contributed by atoms with Gasteiger partial charge in [0, 0.05) is 17.1 Å². The van der Waals surface area contributed by atoms with Gasteiger partial charge in [-0.2, -0.15) is 0 Å². The van der Waals surface area contributed by atoms with Crippen LogP contribution in [0.3, 0.4) is 0 Å². The molecule has 0 radical (unpaired) electrons. The largest absolute Gasteiger partial charge is 0.493 e. The molecule has 5 heteroatoms. The topological polar surface area (TPSA) is 30.5 Å². The minimum atomic E-state index is -0.254. The molecule has 0 aliphatic carbocycles. The van der Waals surface area contributed by atoms with E-state index in [-0.39, 0.29) is 5.82 Å². The molecule has 0 fully saturated rings. The third kappa shape index (κ3) is 5.22. The Morgan fingerprint density at radius 2 is 1.83 bits per heavy atom. The third-order valence-corrected chi connectivity index (χ3v) is 4.08. The Balaban J connectivity index is 2.11. The van der Waals surface area contributed by atoms with Crippen molar-refractivity contribution in [2.24, 2.45) is 0 Å². The van der Waals surface area contributed by atoms with Gasteiger partial charge in [-0.1, -0.05) is 41.9 Å². The average molecular weight is 382 g/mol. The van der Waals surface area contributed by atoms with E-state index in [1.54, 1.807) is 19.2 Å². The summed E-state index contributed by atoms with van der Waals surface area (Å²) in [5.74, 6) is 1.07. The number of ether oxygens (including phenoxy) is 2. The first kappa shape index (κ1) is 17.8. The smallest absolute Gasteiger partial charge is 0.162 e. The molecular weight excluding hydrogens is 361 g/mol. The van der Waals surface area contributed by atoms with Crippen molar-refractivity contribution in [3.63, 3.8) is 0 Å². The molecule has 0 aliphatic rings. The van der Waals surface area contributed by atoms with Crippen LogP contribution < -0.4 is 14.8 Å². The maximum atomic E-state index is 12.9. The SMILES string of the molecule is COc1cc(CNC(C)C)c(Br)cc1OCc1ccc(F)cc1. The first-order valence-corrected chi connectivity index (χ1v) is 8.26. The minimum absolute atomic E-state index is 0.254. The van der Waals surface area contributed by atoms with Crippen molar-refractivity contribution < 1.29 is 13.9 Å². The molecule has 2 aromatic rings. The number of rotatable bonds is 7. The molecule has 0 bridgehead atoms. The van der Waals surface area contributed by atoms with Crippen LogP contribution >= 0.6 is 15.9 Å². The second-order valence-electron chi connectivity index (χ2n) is 5.55. The molecule has 23 heavy (non-hydrogen) atoms. The molecule has 1 N–H and O–H groups in total. The summed E-state index contributed by atoms with van der Waals surface area (Å²) in [7, 11) is 1.62. The Labute approximate surface area is 144 Å². The number of hydrogen-bond donors (Lipinski definition) is 1. The number of benzene rings is 2. The maximum Gasteiger partial charge on any atom is 0.162 e. The lowest BCUT2D eigenvalue weighted by atomic mass is 10.2. The fourth-order valence-electron chi connectivity index (χ4n) is 2.04. The van der Waals surface area contributed by atoms with Crippen LogP contribution in [0, 0.1) is 5.82 Å². The lowest BCUT2D eigenvalue weighted by Crippen LogP contribution is -2.22. The maximum absolute atomic E-state index is 12.9. The van der Waals surface area contributed by atoms with E-state index in [1.807, 2.05) is 12.1 Å². The molecule has 0 aromatic heterocycles. The van der Waals surface area contributed by atoms with Crippen molar-refractivity contribution >= 4 is 15.9 Å². The van der Waals surface area contributed by atoms with Crippen molar-refractivity contribution in [2.75, 3.05) is 7.11 Å². The summed E-state index contributed by atoms with van der Waals surface area (Å²) in [5.41, 5.74) is 2.00. The van der Waals surface area contributed by atoms with Crippen molar-refractivity contribution in [3.8, 4) is 11.5 Å². The van der Waals surface area contributed by atoms with E-state index >= 15 is 0 Å². The molecule has 0 aliphatic heterocycles. The number of hydrogen-bond acceptors (Lipinski definition) is 3. The highest BCUT2D eigenvalue weighted by molar-refractivity contribution is 9.10. The first-order chi connectivity index (χ1) is 11.0. The summed E-state index contributed by atoms with van der Waals surface area (Å²) >= 11 is 3.57. The third-order valence-electron chi connectivity index (χ3n) is 3.34. The highest BCUT2D eigenvalue weighted by Gasteiger charge is 2.11. The van der Waals surface area contributed by atoms with Gasteiger partial charge < -0.3 is 14.8 Å². The molecule has 0 saturated heterocycles. The lowest BCUT2D eigenvalue weighted by molar-refractivity contribution is 0.284. The van der Waals surface area contributed by atoms with E-state index in [1.165, 1.54) is 12.1 Å². The molecule has 124 valence electrons.